The average molecular weight is 490 g/mol. The second-order valence-corrected chi connectivity index (χ2v) is 10.8. The lowest BCUT2D eigenvalue weighted by Gasteiger charge is -2.39. The summed E-state index contributed by atoms with van der Waals surface area (Å²) in [6.45, 7) is 4.19. The van der Waals surface area contributed by atoms with Crippen molar-refractivity contribution in [2.24, 2.45) is 5.41 Å². The Hall–Kier alpha value is -4.25. The van der Waals surface area contributed by atoms with Crippen molar-refractivity contribution in [1.82, 2.24) is 5.32 Å². The lowest BCUT2D eigenvalue weighted by atomic mass is 9.68. The topological polar surface area (TPSA) is 72.5 Å². The van der Waals surface area contributed by atoms with Gasteiger partial charge in [-0.2, -0.15) is 0 Å². The predicted molar refractivity (Wildman–Crippen MR) is 141 cm³/mol. The zero-order valence-electron chi connectivity index (χ0n) is 20.8. The van der Waals surface area contributed by atoms with E-state index in [9.17, 15) is 14.4 Å². The highest BCUT2D eigenvalue weighted by Crippen LogP contribution is 2.51. The number of dihydropyridines is 1. The number of hydrogen-bond acceptors (Lipinski definition) is 5. The van der Waals surface area contributed by atoms with Crippen LogP contribution in [0.1, 0.15) is 59.7 Å². The molecule has 3 aliphatic rings. The third-order valence-electron chi connectivity index (χ3n) is 7.34. The minimum Gasteiger partial charge on any atom is -0.426 e. The van der Waals surface area contributed by atoms with Gasteiger partial charge in [-0.1, -0.05) is 80.6 Å². The monoisotopic (exact) mass is 489 g/mol. The molecule has 5 heteroatoms. The number of rotatable bonds is 4. The summed E-state index contributed by atoms with van der Waals surface area (Å²) in [5.41, 5.74) is 5.84. The number of allylic oxidation sites excluding steroid dienone is 3. The predicted octanol–water partition coefficient (Wildman–Crippen LogP) is 5.77. The van der Waals surface area contributed by atoms with E-state index in [-0.39, 0.29) is 29.4 Å². The first-order valence-corrected chi connectivity index (χ1v) is 12.6. The van der Waals surface area contributed by atoms with Gasteiger partial charge in [-0.3, -0.25) is 14.4 Å². The first-order valence-electron chi connectivity index (χ1n) is 12.6. The second-order valence-electron chi connectivity index (χ2n) is 10.8. The van der Waals surface area contributed by atoms with Gasteiger partial charge in [0, 0.05) is 40.3 Å². The maximum Gasteiger partial charge on any atom is 0.315 e. The largest absolute Gasteiger partial charge is 0.426 e. The Morgan fingerprint density at radius 1 is 0.892 bits per heavy atom. The number of fused-ring (bicyclic) bond motifs is 2. The average Bonchev–Trinajstić information content (AvgIpc) is 3.14. The van der Waals surface area contributed by atoms with Gasteiger partial charge in [-0.15, -0.1) is 0 Å². The van der Waals surface area contributed by atoms with Crippen LogP contribution in [-0.2, 0) is 16.0 Å². The van der Waals surface area contributed by atoms with Gasteiger partial charge in [0.25, 0.3) is 0 Å². The van der Waals surface area contributed by atoms with Crippen molar-refractivity contribution in [3.05, 3.63) is 118 Å². The standard InChI is InChI=1S/C32H27NO4/c1-32(2)17-24-28(25(34)18-32)27(29-30(33-24)22-13-6-7-14-23(22)31(29)36)20-11-8-12-21(16-20)37-26(35)15-19-9-4-3-5-10-19/h3-14,16,27,33H,15,17-18H2,1-2H3/t27-/m0/s1. The molecule has 5 nitrogen and oxygen atoms in total. The first kappa shape index (κ1) is 23.2. The molecule has 0 spiro atoms. The summed E-state index contributed by atoms with van der Waals surface area (Å²) >= 11 is 0. The second kappa shape index (κ2) is 8.70. The van der Waals surface area contributed by atoms with Crippen LogP contribution in [0.15, 0.2) is 95.7 Å². The van der Waals surface area contributed by atoms with E-state index in [1.54, 1.807) is 12.1 Å². The fraction of sp³-hybridized carbons (Fsp3) is 0.219. The van der Waals surface area contributed by atoms with E-state index in [2.05, 4.69) is 19.2 Å². The van der Waals surface area contributed by atoms with Gasteiger partial charge < -0.3 is 10.1 Å². The third-order valence-corrected chi connectivity index (χ3v) is 7.34. The zero-order valence-corrected chi connectivity index (χ0v) is 20.8. The van der Waals surface area contributed by atoms with E-state index < -0.39 is 5.92 Å². The highest BCUT2D eigenvalue weighted by molar-refractivity contribution is 6.23. The quantitative estimate of drug-likeness (QED) is 0.372. The normalized spacial score (nSPS) is 19.7. The minimum atomic E-state index is -0.525. The smallest absolute Gasteiger partial charge is 0.315 e. The number of carbonyl (C=O) groups excluding carboxylic acids is 3. The molecule has 6 rings (SSSR count). The molecule has 0 amide bonds. The van der Waals surface area contributed by atoms with Crippen molar-refractivity contribution < 1.29 is 19.1 Å². The lowest BCUT2D eigenvalue weighted by Crippen LogP contribution is -2.37. The first-order chi connectivity index (χ1) is 17.8. The number of ketones is 2. The van der Waals surface area contributed by atoms with Crippen LogP contribution in [0.2, 0.25) is 0 Å². The molecule has 1 aliphatic heterocycles. The van der Waals surface area contributed by atoms with Crippen molar-refractivity contribution >= 4 is 23.2 Å². The Kier molecular flexibility index (Phi) is 5.45. The van der Waals surface area contributed by atoms with Crippen LogP contribution in [-0.4, -0.2) is 17.5 Å². The maximum atomic E-state index is 13.7. The van der Waals surface area contributed by atoms with Crippen LogP contribution in [0, 0.1) is 5.41 Å². The van der Waals surface area contributed by atoms with E-state index in [0.717, 1.165) is 28.1 Å². The summed E-state index contributed by atoms with van der Waals surface area (Å²) in [6, 6.07) is 24.2. The van der Waals surface area contributed by atoms with Crippen LogP contribution >= 0.6 is 0 Å². The van der Waals surface area contributed by atoms with Crippen molar-refractivity contribution in [2.45, 2.75) is 39.0 Å². The Balaban J connectivity index is 1.41. The van der Waals surface area contributed by atoms with Gasteiger partial charge >= 0.3 is 5.97 Å². The molecule has 0 fully saturated rings. The fourth-order valence-corrected chi connectivity index (χ4v) is 5.81. The Bertz CT molecular complexity index is 1530. The molecule has 2 aliphatic carbocycles. The minimum absolute atomic E-state index is 0.0468. The molecule has 0 bridgehead atoms. The molecule has 0 saturated carbocycles. The van der Waals surface area contributed by atoms with Crippen LogP contribution in [0.4, 0.5) is 0 Å². The third kappa shape index (κ3) is 4.10. The lowest BCUT2D eigenvalue weighted by molar-refractivity contribution is -0.133. The summed E-state index contributed by atoms with van der Waals surface area (Å²) in [6.07, 6.45) is 1.29. The van der Waals surface area contributed by atoms with Crippen molar-refractivity contribution in [3.63, 3.8) is 0 Å². The summed E-state index contributed by atoms with van der Waals surface area (Å²) in [4.78, 5) is 39.9. The Morgan fingerprint density at radius 2 is 1.62 bits per heavy atom. The highest BCUT2D eigenvalue weighted by Gasteiger charge is 2.46. The molecule has 0 aromatic heterocycles. The molecule has 184 valence electrons. The molecule has 1 N–H and O–H groups in total. The Morgan fingerprint density at radius 3 is 2.41 bits per heavy atom. The summed E-state index contributed by atoms with van der Waals surface area (Å²) in [7, 11) is 0. The number of nitrogens with one attached hydrogen (secondary N) is 1. The van der Waals surface area contributed by atoms with Gasteiger partial charge in [0.05, 0.1) is 12.1 Å². The van der Waals surface area contributed by atoms with E-state index in [4.69, 9.17) is 4.74 Å². The molecule has 0 saturated heterocycles. The number of benzene rings is 3. The summed E-state index contributed by atoms with van der Waals surface area (Å²) in [5, 5.41) is 3.50. The molecule has 3 aromatic rings. The number of ether oxygens (including phenoxy) is 1. The van der Waals surface area contributed by atoms with E-state index in [0.29, 0.717) is 35.3 Å². The van der Waals surface area contributed by atoms with E-state index in [1.165, 1.54) is 0 Å². The van der Waals surface area contributed by atoms with Gasteiger partial charge in [-0.25, -0.2) is 0 Å². The van der Waals surface area contributed by atoms with Gasteiger partial charge in [0.15, 0.2) is 11.6 Å². The van der Waals surface area contributed by atoms with Gasteiger partial charge in [0.2, 0.25) is 0 Å². The number of carbonyl (C=O) groups is 3. The molecular weight excluding hydrogens is 462 g/mol. The van der Waals surface area contributed by atoms with Crippen molar-refractivity contribution in [3.8, 4) is 5.75 Å². The fourth-order valence-electron chi connectivity index (χ4n) is 5.81. The maximum absolute atomic E-state index is 13.7. The van der Waals surface area contributed by atoms with Crippen molar-refractivity contribution in [2.75, 3.05) is 0 Å². The van der Waals surface area contributed by atoms with E-state index in [1.807, 2.05) is 66.7 Å². The summed E-state index contributed by atoms with van der Waals surface area (Å²) in [5.74, 6) is -0.520. The van der Waals surface area contributed by atoms with Gasteiger partial charge in [0.1, 0.15) is 5.75 Å². The number of hydrogen-bond donors (Lipinski definition) is 1. The molecule has 37 heavy (non-hydrogen) atoms. The summed E-state index contributed by atoms with van der Waals surface area (Å²) < 4.78 is 5.69. The number of esters is 1. The Labute approximate surface area is 215 Å². The van der Waals surface area contributed by atoms with Gasteiger partial charge in [-0.05, 0) is 35.1 Å². The molecule has 0 radical (unpaired) electrons. The SMILES string of the molecule is CC1(C)CC(=O)C2=C(C1)NC1=C(C(=O)c3ccccc31)[C@H]2c1cccc(OC(=O)Cc2ccccc2)c1. The van der Waals surface area contributed by atoms with Crippen LogP contribution in [0.3, 0.4) is 0 Å². The van der Waals surface area contributed by atoms with E-state index >= 15 is 0 Å². The zero-order chi connectivity index (χ0) is 25.7. The number of Topliss-reactive ketones (excluding diaryl/α,β-unsaturated/α-hetero) is 2. The molecular formula is C32H27NO4. The molecule has 3 aromatic carbocycles. The molecule has 1 atom stereocenters. The van der Waals surface area contributed by atoms with Crippen molar-refractivity contribution in [1.29, 1.82) is 0 Å². The van der Waals surface area contributed by atoms with Crippen LogP contribution < -0.4 is 10.1 Å². The molecule has 1 heterocycles. The highest BCUT2D eigenvalue weighted by atomic mass is 16.5. The van der Waals surface area contributed by atoms with Crippen LogP contribution in [0.5, 0.6) is 5.75 Å². The molecule has 0 unspecified atom stereocenters. The van der Waals surface area contributed by atoms with Crippen LogP contribution in [0.25, 0.3) is 5.70 Å².